The first kappa shape index (κ1) is 18.3. The second kappa shape index (κ2) is 8.18. The lowest BCUT2D eigenvalue weighted by Gasteiger charge is -2.24. The van der Waals surface area contributed by atoms with Crippen LogP contribution in [0.5, 0.6) is 5.75 Å². The summed E-state index contributed by atoms with van der Waals surface area (Å²) in [4.78, 5) is 12.5. The fourth-order valence-electron chi connectivity index (χ4n) is 2.38. The van der Waals surface area contributed by atoms with Crippen molar-refractivity contribution >= 4 is 17.5 Å². The van der Waals surface area contributed by atoms with Crippen molar-refractivity contribution in [1.29, 1.82) is 0 Å². The first-order valence-electron chi connectivity index (χ1n) is 7.88. The van der Waals surface area contributed by atoms with Gasteiger partial charge in [0.05, 0.1) is 13.2 Å². The normalized spacial score (nSPS) is 14.5. The number of rotatable bonds is 6. The number of amides is 1. The Labute approximate surface area is 148 Å². The van der Waals surface area contributed by atoms with E-state index in [1.165, 1.54) is 0 Å². The third kappa shape index (κ3) is 4.28. The Bertz CT molecular complexity index is 703. The first-order chi connectivity index (χ1) is 11.4. The number of methoxy groups -OCH3 is 1. The molecule has 0 fully saturated rings. The number of nitrogens with one attached hydrogen (secondary N) is 1. The maximum atomic E-state index is 12.5. The number of halogens is 1. The summed E-state index contributed by atoms with van der Waals surface area (Å²) in [6.45, 7) is 3.63. The Balaban J connectivity index is 2.42. The molecule has 0 radical (unpaired) electrons. The van der Waals surface area contributed by atoms with E-state index in [0.717, 1.165) is 16.9 Å². The van der Waals surface area contributed by atoms with Gasteiger partial charge in [0.2, 0.25) is 5.91 Å². The first-order valence-corrected chi connectivity index (χ1v) is 8.26. The van der Waals surface area contributed by atoms with Crippen LogP contribution >= 0.6 is 11.6 Å². The van der Waals surface area contributed by atoms with Gasteiger partial charge in [-0.2, -0.15) is 0 Å². The summed E-state index contributed by atoms with van der Waals surface area (Å²) in [7, 11) is 1.61. The van der Waals surface area contributed by atoms with E-state index < -0.39 is 0 Å². The molecule has 3 unspecified atom stereocenters. The topological polar surface area (TPSA) is 64.3 Å². The second-order valence-electron chi connectivity index (χ2n) is 5.89. The molecule has 4 nitrogen and oxygen atoms in total. The van der Waals surface area contributed by atoms with E-state index in [-0.39, 0.29) is 23.9 Å². The van der Waals surface area contributed by atoms with Crippen LogP contribution in [-0.2, 0) is 4.79 Å². The molecule has 0 aromatic heterocycles. The van der Waals surface area contributed by atoms with E-state index >= 15 is 0 Å². The number of carbonyl (C=O) groups excluding carboxylic acids is 1. The number of ether oxygens (including phenoxy) is 1. The maximum absolute atomic E-state index is 12.5. The van der Waals surface area contributed by atoms with Gasteiger partial charge in [-0.05, 0) is 36.2 Å². The molecule has 0 spiro atoms. The zero-order valence-electron chi connectivity index (χ0n) is 14.1. The predicted octanol–water partition coefficient (Wildman–Crippen LogP) is 3.54. The predicted molar refractivity (Wildman–Crippen MR) is 97.2 cm³/mol. The summed E-state index contributed by atoms with van der Waals surface area (Å²) >= 11 is 6.36. The zero-order chi connectivity index (χ0) is 17.7. The number of hydrogen-bond acceptors (Lipinski definition) is 3. The Morgan fingerprint density at radius 3 is 2.50 bits per heavy atom. The van der Waals surface area contributed by atoms with Crippen LogP contribution in [-0.4, -0.2) is 19.1 Å². The monoisotopic (exact) mass is 346 g/mol. The number of nitrogens with two attached hydrogens (primary N) is 1. The Morgan fingerprint density at radius 2 is 1.88 bits per heavy atom. The van der Waals surface area contributed by atoms with Crippen LogP contribution in [0.4, 0.5) is 0 Å². The lowest BCUT2D eigenvalue weighted by molar-refractivity contribution is -0.125. The summed E-state index contributed by atoms with van der Waals surface area (Å²) in [5.41, 5.74) is 7.59. The van der Waals surface area contributed by atoms with Gasteiger partial charge in [-0.3, -0.25) is 4.79 Å². The highest BCUT2D eigenvalue weighted by molar-refractivity contribution is 6.31. The van der Waals surface area contributed by atoms with E-state index in [4.69, 9.17) is 22.1 Å². The molecule has 128 valence electrons. The SMILES string of the molecule is COc1cccc(C(NC(=O)C(C)C(C)N)c2ccccc2Cl)c1. The van der Waals surface area contributed by atoms with E-state index in [1.54, 1.807) is 7.11 Å². The highest BCUT2D eigenvalue weighted by atomic mass is 35.5. The smallest absolute Gasteiger partial charge is 0.225 e. The van der Waals surface area contributed by atoms with Crippen LogP contribution in [0.3, 0.4) is 0 Å². The Hall–Kier alpha value is -2.04. The quantitative estimate of drug-likeness (QED) is 0.840. The molecule has 1 amide bonds. The minimum absolute atomic E-state index is 0.113. The highest BCUT2D eigenvalue weighted by Crippen LogP contribution is 2.30. The van der Waals surface area contributed by atoms with Crippen LogP contribution in [0, 0.1) is 5.92 Å². The van der Waals surface area contributed by atoms with Crippen molar-refractivity contribution in [1.82, 2.24) is 5.32 Å². The van der Waals surface area contributed by atoms with Gasteiger partial charge in [-0.25, -0.2) is 0 Å². The summed E-state index contributed by atoms with van der Waals surface area (Å²) in [5, 5.41) is 3.66. The van der Waals surface area contributed by atoms with Gasteiger partial charge in [0.15, 0.2) is 0 Å². The van der Waals surface area contributed by atoms with Crippen LogP contribution < -0.4 is 15.8 Å². The molecular formula is C19H23ClN2O2. The van der Waals surface area contributed by atoms with Crippen molar-refractivity contribution in [2.24, 2.45) is 11.7 Å². The van der Waals surface area contributed by atoms with Gasteiger partial charge in [0, 0.05) is 17.0 Å². The molecule has 0 bridgehead atoms. The van der Waals surface area contributed by atoms with Crippen molar-refractivity contribution < 1.29 is 9.53 Å². The lowest BCUT2D eigenvalue weighted by atomic mass is 9.96. The van der Waals surface area contributed by atoms with Crippen LogP contribution in [0.2, 0.25) is 5.02 Å². The average Bonchev–Trinajstić information content (AvgIpc) is 2.59. The molecule has 5 heteroatoms. The highest BCUT2D eigenvalue weighted by Gasteiger charge is 2.24. The van der Waals surface area contributed by atoms with E-state index in [9.17, 15) is 4.79 Å². The summed E-state index contributed by atoms with van der Waals surface area (Å²) < 4.78 is 5.30. The van der Waals surface area contributed by atoms with E-state index in [1.807, 2.05) is 62.4 Å². The van der Waals surface area contributed by atoms with Gasteiger partial charge >= 0.3 is 0 Å². The molecule has 0 aliphatic rings. The molecule has 2 aromatic rings. The van der Waals surface area contributed by atoms with E-state index in [2.05, 4.69) is 5.32 Å². The zero-order valence-corrected chi connectivity index (χ0v) is 14.9. The molecule has 2 rings (SSSR count). The van der Waals surface area contributed by atoms with Gasteiger partial charge in [0.25, 0.3) is 0 Å². The molecule has 2 aromatic carbocycles. The summed E-state index contributed by atoms with van der Waals surface area (Å²) in [6.07, 6.45) is 0. The van der Waals surface area contributed by atoms with Gasteiger partial charge in [-0.15, -0.1) is 0 Å². The summed E-state index contributed by atoms with van der Waals surface area (Å²) in [5.74, 6) is 0.303. The molecule has 3 atom stereocenters. The number of benzene rings is 2. The van der Waals surface area contributed by atoms with Gasteiger partial charge < -0.3 is 15.8 Å². The van der Waals surface area contributed by atoms with Crippen LogP contribution in [0.15, 0.2) is 48.5 Å². The third-order valence-electron chi connectivity index (χ3n) is 4.13. The van der Waals surface area contributed by atoms with E-state index in [0.29, 0.717) is 5.02 Å². The summed E-state index contributed by atoms with van der Waals surface area (Å²) in [6, 6.07) is 14.5. The van der Waals surface area contributed by atoms with Crippen LogP contribution in [0.25, 0.3) is 0 Å². The van der Waals surface area contributed by atoms with Crippen molar-refractivity contribution in [3.05, 3.63) is 64.7 Å². The van der Waals surface area contributed by atoms with Crippen LogP contribution in [0.1, 0.15) is 31.0 Å². The van der Waals surface area contributed by atoms with Crippen molar-refractivity contribution in [3.8, 4) is 5.75 Å². The molecular weight excluding hydrogens is 324 g/mol. The minimum atomic E-state index is -0.373. The maximum Gasteiger partial charge on any atom is 0.225 e. The fourth-order valence-corrected chi connectivity index (χ4v) is 2.63. The minimum Gasteiger partial charge on any atom is -0.497 e. The standard InChI is InChI=1S/C19H23ClN2O2/c1-12(13(2)21)19(23)22-18(16-9-4-5-10-17(16)20)14-7-6-8-15(11-14)24-3/h4-13,18H,21H2,1-3H3,(H,22,23). The molecule has 0 aliphatic heterocycles. The van der Waals surface area contributed by atoms with Crippen molar-refractivity contribution in [3.63, 3.8) is 0 Å². The Kier molecular flexibility index (Phi) is 6.23. The van der Waals surface area contributed by atoms with Crippen molar-refractivity contribution in [2.45, 2.75) is 25.9 Å². The van der Waals surface area contributed by atoms with Gasteiger partial charge in [-0.1, -0.05) is 48.9 Å². The molecule has 0 saturated carbocycles. The number of hydrogen-bond donors (Lipinski definition) is 2. The van der Waals surface area contributed by atoms with Gasteiger partial charge in [0.1, 0.15) is 5.75 Å². The number of carbonyl (C=O) groups is 1. The Morgan fingerprint density at radius 1 is 1.17 bits per heavy atom. The average molecular weight is 347 g/mol. The fraction of sp³-hybridized carbons (Fsp3) is 0.316. The lowest BCUT2D eigenvalue weighted by Crippen LogP contribution is -2.40. The molecule has 0 aliphatic carbocycles. The molecule has 0 saturated heterocycles. The molecule has 3 N–H and O–H groups in total. The second-order valence-corrected chi connectivity index (χ2v) is 6.29. The molecule has 0 heterocycles. The molecule has 24 heavy (non-hydrogen) atoms. The largest absolute Gasteiger partial charge is 0.497 e. The third-order valence-corrected chi connectivity index (χ3v) is 4.48. The van der Waals surface area contributed by atoms with Crippen molar-refractivity contribution in [2.75, 3.05) is 7.11 Å².